The summed E-state index contributed by atoms with van der Waals surface area (Å²) in [6.45, 7) is 2.88. The van der Waals surface area contributed by atoms with Crippen molar-refractivity contribution in [2.45, 2.75) is 17.0 Å². The molecule has 2 aromatic rings. The Kier molecular flexibility index (Phi) is 4.56. The van der Waals surface area contributed by atoms with Crippen molar-refractivity contribution in [3.63, 3.8) is 0 Å². The zero-order valence-electron chi connectivity index (χ0n) is 9.88. The molecule has 0 aliphatic carbocycles. The van der Waals surface area contributed by atoms with E-state index >= 15 is 0 Å². The Hall–Kier alpha value is -1.58. The second-order valence-electron chi connectivity index (χ2n) is 3.50. The van der Waals surface area contributed by atoms with E-state index in [1.807, 2.05) is 31.2 Å². The van der Waals surface area contributed by atoms with E-state index in [1.54, 1.807) is 23.1 Å². The van der Waals surface area contributed by atoms with Gasteiger partial charge in [0.1, 0.15) is 0 Å². The zero-order chi connectivity index (χ0) is 12.8. The lowest BCUT2D eigenvalue weighted by atomic mass is 10.2. The van der Waals surface area contributed by atoms with Gasteiger partial charge in [-0.3, -0.25) is 0 Å². The SMILES string of the molecule is CCNc1nnc(SCc2cccc(C#N)c2)s1. The topological polar surface area (TPSA) is 61.6 Å². The summed E-state index contributed by atoms with van der Waals surface area (Å²) < 4.78 is 0.938. The average molecular weight is 276 g/mol. The van der Waals surface area contributed by atoms with E-state index in [2.05, 4.69) is 21.6 Å². The lowest BCUT2D eigenvalue weighted by molar-refractivity contribution is 1.00. The molecule has 0 atom stereocenters. The number of anilines is 1. The van der Waals surface area contributed by atoms with Gasteiger partial charge >= 0.3 is 0 Å². The van der Waals surface area contributed by atoms with Crippen molar-refractivity contribution in [3.05, 3.63) is 35.4 Å². The van der Waals surface area contributed by atoms with Crippen molar-refractivity contribution in [2.24, 2.45) is 0 Å². The maximum atomic E-state index is 8.82. The summed E-state index contributed by atoms with van der Waals surface area (Å²) in [4.78, 5) is 0. The molecular weight excluding hydrogens is 264 g/mol. The third-order valence-electron chi connectivity index (χ3n) is 2.15. The molecule has 0 fully saturated rings. The maximum absolute atomic E-state index is 8.82. The van der Waals surface area contributed by atoms with E-state index in [0.29, 0.717) is 5.56 Å². The van der Waals surface area contributed by atoms with Crippen molar-refractivity contribution < 1.29 is 0 Å². The van der Waals surface area contributed by atoms with Crippen LogP contribution in [0.25, 0.3) is 0 Å². The molecule has 1 heterocycles. The summed E-state index contributed by atoms with van der Waals surface area (Å²) in [6, 6.07) is 9.77. The quantitative estimate of drug-likeness (QED) is 0.850. The molecule has 0 bridgehead atoms. The third kappa shape index (κ3) is 3.45. The largest absolute Gasteiger partial charge is 0.360 e. The van der Waals surface area contributed by atoms with Gasteiger partial charge in [-0.15, -0.1) is 10.2 Å². The van der Waals surface area contributed by atoms with E-state index < -0.39 is 0 Å². The molecule has 92 valence electrons. The van der Waals surface area contributed by atoms with Gasteiger partial charge in [0, 0.05) is 12.3 Å². The molecule has 6 heteroatoms. The van der Waals surface area contributed by atoms with Crippen LogP contribution in [0.3, 0.4) is 0 Å². The van der Waals surface area contributed by atoms with Crippen LogP contribution in [0, 0.1) is 11.3 Å². The van der Waals surface area contributed by atoms with Crippen LogP contribution in [-0.2, 0) is 5.75 Å². The first-order valence-electron chi connectivity index (χ1n) is 5.51. The Balaban J connectivity index is 1.96. The van der Waals surface area contributed by atoms with Gasteiger partial charge in [0.25, 0.3) is 0 Å². The predicted molar refractivity (Wildman–Crippen MR) is 74.8 cm³/mol. The van der Waals surface area contributed by atoms with Crippen molar-refractivity contribution in [1.82, 2.24) is 10.2 Å². The lowest BCUT2D eigenvalue weighted by Gasteiger charge is -1.98. The summed E-state index contributed by atoms with van der Waals surface area (Å²) in [5, 5.41) is 20.9. The van der Waals surface area contributed by atoms with Crippen molar-refractivity contribution >= 4 is 28.2 Å². The molecule has 2 rings (SSSR count). The first kappa shape index (κ1) is 12.9. The highest BCUT2D eigenvalue weighted by Gasteiger charge is 2.04. The standard InChI is InChI=1S/C12H12N4S2/c1-2-14-11-15-16-12(18-11)17-8-10-5-3-4-9(6-10)7-13/h3-6H,2,8H2,1H3,(H,14,15). The Morgan fingerprint density at radius 2 is 2.33 bits per heavy atom. The number of hydrogen-bond acceptors (Lipinski definition) is 6. The van der Waals surface area contributed by atoms with Crippen LogP contribution in [0.1, 0.15) is 18.1 Å². The summed E-state index contributed by atoms with van der Waals surface area (Å²) in [5.74, 6) is 0.802. The molecule has 4 nitrogen and oxygen atoms in total. The number of benzene rings is 1. The Labute approximate surface area is 114 Å². The van der Waals surface area contributed by atoms with Gasteiger partial charge in [0.05, 0.1) is 11.6 Å². The number of nitrogens with one attached hydrogen (secondary N) is 1. The van der Waals surface area contributed by atoms with Crippen molar-refractivity contribution in [3.8, 4) is 6.07 Å². The monoisotopic (exact) mass is 276 g/mol. The molecule has 0 amide bonds. The summed E-state index contributed by atoms with van der Waals surface area (Å²) >= 11 is 3.19. The summed E-state index contributed by atoms with van der Waals surface area (Å²) in [6.07, 6.45) is 0. The molecular formula is C12H12N4S2. The number of rotatable bonds is 5. The maximum Gasteiger partial charge on any atom is 0.206 e. The van der Waals surface area contributed by atoms with Crippen LogP contribution in [0.4, 0.5) is 5.13 Å². The number of thioether (sulfide) groups is 1. The minimum absolute atomic E-state index is 0.693. The fourth-order valence-corrected chi connectivity index (χ4v) is 3.13. The Morgan fingerprint density at radius 3 is 3.11 bits per heavy atom. The van der Waals surface area contributed by atoms with Crippen molar-refractivity contribution in [2.75, 3.05) is 11.9 Å². The van der Waals surface area contributed by atoms with E-state index in [-0.39, 0.29) is 0 Å². The smallest absolute Gasteiger partial charge is 0.206 e. The second-order valence-corrected chi connectivity index (χ2v) is 5.70. The van der Waals surface area contributed by atoms with E-state index in [4.69, 9.17) is 5.26 Å². The highest BCUT2D eigenvalue weighted by molar-refractivity contribution is 8.00. The zero-order valence-corrected chi connectivity index (χ0v) is 11.5. The second kappa shape index (κ2) is 6.38. The van der Waals surface area contributed by atoms with Gasteiger partial charge in [-0.2, -0.15) is 5.26 Å². The summed E-state index contributed by atoms with van der Waals surface area (Å²) in [5.41, 5.74) is 1.82. The summed E-state index contributed by atoms with van der Waals surface area (Å²) in [7, 11) is 0. The van der Waals surface area contributed by atoms with Gasteiger partial charge in [-0.1, -0.05) is 35.2 Å². The van der Waals surface area contributed by atoms with E-state index in [1.165, 1.54) is 0 Å². The van der Waals surface area contributed by atoms with Crippen LogP contribution in [0.15, 0.2) is 28.6 Å². The first-order chi connectivity index (χ1) is 8.81. The van der Waals surface area contributed by atoms with Crippen molar-refractivity contribution in [1.29, 1.82) is 5.26 Å². The highest BCUT2D eigenvalue weighted by Crippen LogP contribution is 2.28. The Bertz CT molecular complexity index is 559. The van der Waals surface area contributed by atoms with Crippen LogP contribution in [0.5, 0.6) is 0 Å². The molecule has 0 saturated carbocycles. The minimum atomic E-state index is 0.693. The highest BCUT2D eigenvalue weighted by atomic mass is 32.2. The fraction of sp³-hybridized carbons (Fsp3) is 0.250. The number of aromatic nitrogens is 2. The predicted octanol–water partition coefficient (Wildman–Crippen LogP) is 3.13. The average Bonchev–Trinajstić information content (AvgIpc) is 2.85. The molecule has 0 aliphatic heterocycles. The molecule has 18 heavy (non-hydrogen) atoms. The van der Waals surface area contributed by atoms with Gasteiger partial charge in [0.15, 0.2) is 4.34 Å². The van der Waals surface area contributed by atoms with Crippen LogP contribution in [-0.4, -0.2) is 16.7 Å². The van der Waals surface area contributed by atoms with E-state index in [9.17, 15) is 0 Å². The molecule has 0 aliphatic rings. The molecule has 0 unspecified atom stereocenters. The Morgan fingerprint density at radius 1 is 1.44 bits per heavy atom. The van der Waals surface area contributed by atoms with Crippen LogP contribution in [0.2, 0.25) is 0 Å². The molecule has 1 N–H and O–H groups in total. The molecule has 0 spiro atoms. The number of nitriles is 1. The normalized spacial score (nSPS) is 10.0. The number of hydrogen-bond donors (Lipinski definition) is 1. The van der Waals surface area contributed by atoms with Gasteiger partial charge in [-0.05, 0) is 24.6 Å². The molecule has 0 radical (unpaired) electrons. The van der Waals surface area contributed by atoms with Crippen LogP contribution >= 0.6 is 23.1 Å². The van der Waals surface area contributed by atoms with Gasteiger partial charge < -0.3 is 5.32 Å². The van der Waals surface area contributed by atoms with E-state index in [0.717, 1.165) is 27.3 Å². The molecule has 1 aromatic heterocycles. The fourth-order valence-electron chi connectivity index (χ4n) is 1.37. The molecule has 1 aromatic carbocycles. The first-order valence-corrected chi connectivity index (χ1v) is 7.31. The molecule has 0 saturated heterocycles. The lowest BCUT2D eigenvalue weighted by Crippen LogP contribution is -1.94. The number of nitrogens with zero attached hydrogens (tertiary/aromatic N) is 3. The van der Waals surface area contributed by atoms with Crippen LogP contribution < -0.4 is 5.32 Å². The third-order valence-corrected chi connectivity index (χ3v) is 4.24. The van der Waals surface area contributed by atoms with Gasteiger partial charge in [0.2, 0.25) is 5.13 Å². The minimum Gasteiger partial charge on any atom is -0.360 e. The van der Waals surface area contributed by atoms with Gasteiger partial charge in [-0.25, -0.2) is 0 Å².